The van der Waals surface area contributed by atoms with Crippen LogP contribution in [-0.2, 0) is 4.79 Å². The molecule has 0 aromatic carbocycles. The molecule has 1 N–H and O–H groups in total. The van der Waals surface area contributed by atoms with E-state index in [9.17, 15) is 4.79 Å². The van der Waals surface area contributed by atoms with E-state index in [1.165, 1.54) is 43.0 Å². The number of halogens is 1. The molecule has 1 aromatic heterocycles. The number of allylic oxidation sites excluding steroid dienone is 1. The fraction of sp³-hybridized carbons (Fsp3) is 0.500. The Hall–Kier alpha value is -1.00. The normalized spacial score (nSPS) is 16.2. The van der Waals surface area contributed by atoms with Gasteiger partial charge in [-0.2, -0.15) is 0 Å². The van der Waals surface area contributed by atoms with Gasteiger partial charge in [-0.05, 0) is 51.2 Å². The van der Waals surface area contributed by atoms with Gasteiger partial charge < -0.3 is 5.32 Å². The highest BCUT2D eigenvalue weighted by Gasteiger charge is 2.14. The van der Waals surface area contributed by atoms with Crippen molar-refractivity contribution in [2.45, 2.75) is 49.3 Å². The molecule has 1 heterocycles. The molecule has 3 nitrogen and oxygen atoms in total. The first-order valence-electron chi connectivity index (χ1n) is 7.39. The van der Waals surface area contributed by atoms with Crippen LogP contribution in [0.15, 0.2) is 35.0 Å². The Bertz CT molecular complexity index is 502. The second-order valence-electron chi connectivity index (χ2n) is 5.22. The average Bonchev–Trinajstić information content (AvgIpc) is 2.50. The summed E-state index contributed by atoms with van der Waals surface area (Å²) < 4.78 is 0. The molecule has 1 amide bonds. The Morgan fingerprint density at radius 1 is 1.48 bits per heavy atom. The Morgan fingerprint density at radius 2 is 2.33 bits per heavy atom. The van der Waals surface area contributed by atoms with Crippen LogP contribution < -0.4 is 5.32 Å². The van der Waals surface area contributed by atoms with E-state index in [1.54, 1.807) is 12.3 Å². The van der Waals surface area contributed by atoms with Gasteiger partial charge in [-0.1, -0.05) is 35.0 Å². The zero-order chi connectivity index (χ0) is 15.1. The topological polar surface area (TPSA) is 42.0 Å². The lowest BCUT2D eigenvalue weighted by atomic mass is 9.97. The van der Waals surface area contributed by atoms with Gasteiger partial charge in [0.2, 0.25) is 5.91 Å². The van der Waals surface area contributed by atoms with E-state index in [4.69, 9.17) is 11.6 Å². The van der Waals surface area contributed by atoms with Crippen LogP contribution in [0.4, 0.5) is 0 Å². The van der Waals surface area contributed by atoms with Crippen LogP contribution in [0.3, 0.4) is 0 Å². The third kappa shape index (κ3) is 5.71. The SMILES string of the molecule is CC(Sc1ccc(Cl)cn1)C(=O)NCCC1=CCCCC1. The van der Waals surface area contributed by atoms with Crippen molar-refractivity contribution >= 4 is 29.3 Å². The van der Waals surface area contributed by atoms with Crippen molar-refractivity contribution in [2.75, 3.05) is 6.54 Å². The number of aromatic nitrogens is 1. The maximum atomic E-state index is 12.1. The molecular weight excluding hydrogens is 304 g/mol. The number of amides is 1. The van der Waals surface area contributed by atoms with E-state index in [0.717, 1.165) is 18.0 Å². The summed E-state index contributed by atoms with van der Waals surface area (Å²) in [6, 6.07) is 3.63. The van der Waals surface area contributed by atoms with Gasteiger partial charge in [0.1, 0.15) is 0 Å². The van der Waals surface area contributed by atoms with Gasteiger partial charge in [0, 0.05) is 12.7 Å². The standard InChI is InChI=1S/C16H21ClN2OS/c1-12(21-15-8-7-14(17)11-19-15)16(20)18-10-9-13-5-3-2-4-6-13/h5,7-8,11-12H,2-4,6,9-10H2,1H3,(H,18,20). The second kappa shape index (κ2) is 8.44. The van der Waals surface area contributed by atoms with Crippen LogP contribution in [0.5, 0.6) is 0 Å². The van der Waals surface area contributed by atoms with Crippen molar-refractivity contribution in [3.63, 3.8) is 0 Å². The highest BCUT2D eigenvalue weighted by Crippen LogP contribution is 2.22. The van der Waals surface area contributed by atoms with Crippen molar-refractivity contribution in [1.29, 1.82) is 0 Å². The molecule has 0 fully saturated rings. The Labute approximate surface area is 135 Å². The summed E-state index contributed by atoms with van der Waals surface area (Å²) in [4.78, 5) is 16.2. The van der Waals surface area contributed by atoms with Crippen LogP contribution in [0.25, 0.3) is 0 Å². The summed E-state index contributed by atoms with van der Waals surface area (Å²) in [5.41, 5.74) is 1.49. The number of nitrogens with one attached hydrogen (secondary N) is 1. The van der Waals surface area contributed by atoms with Gasteiger partial charge in [-0.3, -0.25) is 4.79 Å². The molecule has 2 rings (SSSR count). The summed E-state index contributed by atoms with van der Waals surface area (Å²) in [5, 5.41) is 4.28. The summed E-state index contributed by atoms with van der Waals surface area (Å²) in [5.74, 6) is 0.0631. The minimum absolute atomic E-state index is 0.0631. The lowest BCUT2D eigenvalue weighted by Crippen LogP contribution is -2.31. The quantitative estimate of drug-likeness (QED) is 0.629. The minimum atomic E-state index is -0.154. The maximum Gasteiger partial charge on any atom is 0.233 e. The van der Waals surface area contributed by atoms with Crippen LogP contribution in [-0.4, -0.2) is 22.7 Å². The molecule has 1 atom stereocenters. The van der Waals surface area contributed by atoms with Crippen LogP contribution in [0, 0.1) is 0 Å². The van der Waals surface area contributed by atoms with E-state index in [-0.39, 0.29) is 11.2 Å². The number of rotatable bonds is 6. The van der Waals surface area contributed by atoms with Gasteiger partial charge in [-0.25, -0.2) is 4.98 Å². The van der Waals surface area contributed by atoms with E-state index < -0.39 is 0 Å². The molecule has 1 unspecified atom stereocenters. The molecule has 114 valence electrons. The molecule has 1 aromatic rings. The number of hydrogen-bond acceptors (Lipinski definition) is 3. The molecular formula is C16H21ClN2OS. The third-order valence-electron chi connectivity index (χ3n) is 3.50. The molecule has 21 heavy (non-hydrogen) atoms. The van der Waals surface area contributed by atoms with Crippen molar-refractivity contribution in [2.24, 2.45) is 0 Å². The molecule has 0 aliphatic heterocycles. The Balaban J connectivity index is 1.72. The maximum absolute atomic E-state index is 12.1. The smallest absolute Gasteiger partial charge is 0.233 e. The predicted molar refractivity (Wildman–Crippen MR) is 88.7 cm³/mol. The van der Waals surface area contributed by atoms with Gasteiger partial charge in [0.05, 0.1) is 15.3 Å². The number of thioether (sulfide) groups is 1. The average molecular weight is 325 g/mol. The van der Waals surface area contributed by atoms with Crippen molar-refractivity contribution in [3.8, 4) is 0 Å². The fourth-order valence-corrected chi connectivity index (χ4v) is 3.21. The first kappa shape index (κ1) is 16.4. The van der Waals surface area contributed by atoms with Crippen LogP contribution >= 0.6 is 23.4 Å². The van der Waals surface area contributed by atoms with E-state index in [1.807, 2.05) is 13.0 Å². The zero-order valence-electron chi connectivity index (χ0n) is 12.3. The molecule has 0 saturated carbocycles. The summed E-state index contributed by atoms with van der Waals surface area (Å²) in [6.07, 6.45) is 9.87. The minimum Gasteiger partial charge on any atom is -0.355 e. The number of carbonyl (C=O) groups excluding carboxylic acids is 1. The number of hydrogen-bond donors (Lipinski definition) is 1. The largest absolute Gasteiger partial charge is 0.355 e. The van der Waals surface area contributed by atoms with Gasteiger partial charge >= 0.3 is 0 Å². The number of nitrogens with zero attached hydrogens (tertiary/aromatic N) is 1. The van der Waals surface area contributed by atoms with Crippen LogP contribution in [0.2, 0.25) is 5.02 Å². The van der Waals surface area contributed by atoms with Gasteiger partial charge in [-0.15, -0.1) is 0 Å². The van der Waals surface area contributed by atoms with E-state index in [0.29, 0.717) is 5.02 Å². The highest BCUT2D eigenvalue weighted by molar-refractivity contribution is 8.00. The fourth-order valence-electron chi connectivity index (χ4n) is 2.29. The highest BCUT2D eigenvalue weighted by atomic mass is 35.5. The van der Waals surface area contributed by atoms with Crippen molar-refractivity contribution < 1.29 is 4.79 Å². The molecule has 1 aliphatic carbocycles. The lowest BCUT2D eigenvalue weighted by Gasteiger charge is -2.14. The lowest BCUT2D eigenvalue weighted by molar-refractivity contribution is -0.120. The Morgan fingerprint density at radius 3 is 3.00 bits per heavy atom. The molecule has 5 heteroatoms. The second-order valence-corrected chi connectivity index (χ2v) is 7.02. The van der Waals surface area contributed by atoms with Crippen molar-refractivity contribution in [3.05, 3.63) is 35.0 Å². The number of carbonyl (C=O) groups is 1. The van der Waals surface area contributed by atoms with Gasteiger partial charge in [0.25, 0.3) is 0 Å². The molecule has 1 aliphatic rings. The van der Waals surface area contributed by atoms with E-state index in [2.05, 4.69) is 16.4 Å². The summed E-state index contributed by atoms with van der Waals surface area (Å²) >= 11 is 7.25. The van der Waals surface area contributed by atoms with Gasteiger partial charge in [0.15, 0.2) is 0 Å². The van der Waals surface area contributed by atoms with Crippen molar-refractivity contribution in [1.82, 2.24) is 10.3 Å². The van der Waals surface area contributed by atoms with Crippen LogP contribution in [0.1, 0.15) is 39.0 Å². The summed E-state index contributed by atoms with van der Waals surface area (Å²) in [6.45, 7) is 2.62. The molecule has 0 bridgehead atoms. The van der Waals surface area contributed by atoms with E-state index >= 15 is 0 Å². The summed E-state index contributed by atoms with van der Waals surface area (Å²) in [7, 11) is 0. The Kier molecular flexibility index (Phi) is 6.58. The first-order chi connectivity index (χ1) is 10.1. The first-order valence-corrected chi connectivity index (χ1v) is 8.65. The zero-order valence-corrected chi connectivity index (χ0v) is 13.8. The third-order valence-corrected chi connectivity index (χ3v) is 4.77. The molecule has 0 saturated heterocycles. The molecule has 0 radical (unpaired) electrons. The predicted octanol–water partition coefficient (Wildman–Crippen LogP) is 4.22. The molecule has 0 spiro atoms. The monoisotopic (exact) mass is 324 g/mol. The number of pyridine rings is 1.